The Morgan fingerprint density at radius 2 is 2.09 bits per heavy atom. The number of hydrogen-bond acceptors (Lipinski definition) is 4. The van der Waals surface area contributed by atoms with Crippen LogP contribution in [-0.4, -0.2) is 15.9 Å². The first-order valence-electron chi connectivity index (χ1n) is 6.91. The van der Waals surface area contributed by atoms with Gasteiger partial charge in [0, 0.05) is 15.8 Å². The van der Waals surface area contributed by atoms with Crippen LogP contribution in [0, 0.1) is 6.92 Å². The lowest BCUT2D eigenvalue weighted by molar-refractivity contribution is 0.102. The standard InChI is InChI=1S/C16H14ClN3OS/c1-3-12-9(2)22-16(19-12)20-15(21)11-4-6-13-10(8-11)5-7-14(17)18-13/h4-8H,3H2,1-2H3,(H,19,20,21). The molecule has 0 aliphatic carbocycles. The summed E-state index contributed by atoms with van der Waals surface area (Å²) in [7, 11) is 0. The van der Waals surface area contributed by atoms with E-state index in [-0.39, 0.29) is 5.91 Å². The van der Waals surface area contributed by atoms with Crippen LogP contribution < -0.4 is 5.32 Å². The van der Waals surface area contributed by atoms with E-state index in [1.807, 2.05) is 13.0 Å². The number of halogens is 1. The van der Waals surface area contributed by atoms with Gasteiger partial charge in [-0.2, -0.15) is 0 Å². The molecular weight excluding hydrogens is 318 g/mol. The highest BCUT2D eigenvalue weighted by Crippen LogP contribution is 2.23. The quantitative estimate of drug-likeness (QED) is 0.720. The Bertz CT molecular complexity index is 860. The van der Waals surface area contributed by atoms with Crippen LogP contribution in [0.4, 0.5) is 5.13 Å². The van der Waals surface area contributed by atoms with E-state index in [4.69, 9.17) is 11.6 Å². The van der Waals surface area contributed by atoms with Gasteiger partial charge >= 0.3 is 0 Å². The highest BCUT2D eigenvalue weighted by atomic mass is 35.5. The summed E-state index contributed by atoms with van der Waals surface area (Å²) >= 11 is 7.36. The lowest BCUT2D eigenvalue weighted by Gasteiger charge is -2.04. The molecule has 2 aromatic heterocycles. The van der Waals surface area contributed by atoms with Gasteiger partial charge in [0.15, 0.2) is 5.13 Å². The molecule has 0 spiro atoms. The Balaban J connectivity index is 1.86. The zero-order valence-electron chi connectivity index (χ0n) is 12.2. The number of pyridine rings is 1. The first-order valence-corrected chi connectivity index (χ1v) is 8.10. The second kappa shape index (κ2) is 6.02. The Morgan fingerprint density at radius 1 is 1.27 bits per heavy atom. The number of benzene rings is 1. The third-order valence-corrected chi connectivity index (χ3v) is 4.50. The van der Waals surface area contributed by atoms with Crippen molar-refractivity contribution in [2.45, 2.75) is 20.3 Å². The van der Waals surface area contributed by atoms with Gasteiger partial charge in [-0.25, -0.2) is 9.97 Å². The van der Waals surface area contributed by atoms with Gasteiger partial charge in [-0.1, -0.05) is 18.5 Å². The van der Waals surface area contributed by atoms with Crippen LogP contribution in [0.1, 0.15) is 27.9 Å². The molecule has 4 nitrogen and oxygen atoms in total. The smallest absolute Gasteiger partial charge is 0.257 e. The Labute approximate surface area is 137 Å². The number of nitrogens with zero attached hydrogens (tertiary/aromatic N) is 2. The van der Waals surface area contributed by atoms with Crippen LogP contribution in [-0.2, 0) is 6.42 Å². The summed E-state index contributed by atoms with van der Waals surface area (Å²) in [6, 6.07) is 8.89. The van der Waals surface area contributed by atoms with Gasteiger partial charge in [-0.3, -0.25) is 10.1 Å². The molecule has 0 unspecified atom stereocenters. The first-order chi connectivity index (χ1) is 10.6. The number of aromatic nitrogens is 2. The van der Waals surface area contributed by atoms with Crippen molar-refractivity contribution < 1.29 is 4.79 Å². The molecule has 0 saturated carbocycles. The minimum atomic E-state index is -0.173. The van der Waals surface area contributed by atoms with Crippen molar-refractivity contribution in [1.82, 2.24) is 9.97 Å². The molecule has 0 aliphatic rings. The molecule has 6 heteroatoms. The number of anilines is 1. The monoisotopic (exact) mass is 331 g/mol. The van der Waals surface area contributed by atoms with Gasteiger partial charge in [-0.05, 0) is 43.7 Å². The lowest BCUT2D eigenvalue weighted by atomic mass is 10.1. The Kier molecular flexibility index (Phi) is 4.09. The van der Waals surface area contributed by atoms with Crippen LogP contribution in [0.2, 0.25) is 5.15 Å². The van der Waals surface area contributed by atoms with Crippen LogP contribution in [0.3, 0.4) is 0 Å². The van der Waals surface area contributed by atoms with Gasteiger partial charge in [0.2, 0.25) is 0 Å². The average molecular weight is 332 g/mol. The van der Waals surface area contributed by atoms with Gasteiger partial charge < -0.3 is 0 Å². The second-order valence-electron chi connectivity index (χ2n) is 4.87. The minimum absolute atomic E-state index is 0.173. The number of hydrogen-bond donors (Lipinski definition) is 1. The van der Waals surface area contributed by atoms with Crippen molar-refractivity contribution in [1.29, 1.82) is 0 Å². The van der Waals surface area contributed by atoms with Crippen molar-refractivity contribution >= 4 is 44.9 Å². The normalized spacial score (nSPS) is 10.9. The number of rotatable bonds is 3. The van der Waals surface area contributed by atoms with Crippen molar-refractivity contribution in [2.75, 3.05) is 5.32 Å². The molecule has 0 fully saturated rings. The van der Waals surface area contributed by atoms with E-state index in [0.29, 0.717) is 15.8 Å². The van der Waals surface area contributed by atoms with Crippen molar-refractivity contribution in [3.63, 3.8) is 0 Å². The van der Waals surface area contributed by atoms with Crippen molar-refractivity contribution in [2.24, 2.45) is 0 Å². The number of aryl methyl sites for hydroxylation is 2. The molecule has 22 heavy (non-hydrogen) atoms. The fraction of sp³-hybridized carbons (Fsp3) is 0.188. The lowest BCUT2D eigenvalue weighted by Crippen LogP contribution is -2.11. The summed E-state index contributed by atoms with van der Waals surface area (Å²) in [6.45, 7) is 4.06. The van der Waals surface area contributed by atoms with Crippen LogP contribution >= 0.6 is 22.9 Å². The molecule has 112 valence electrons. The molecule has 1 amide bonds. The fourth-order valence-corrected chi connectivity index (χ4v) is 3.27. The van der Waals surface area contributed by atoms with Gasteiger partial charge in [0.1, 0.15) is 5.15 Å². The largest absolute Gasteiger partial charge is 0.298 e. The average Bonchev–Trinajstić information content (AvgIpc) is 2.86. The number of fused-ring (bicyclic) bond motifs is 1. The Hall–Kier alpha value is -1.98. The summed E-state index contributed by atoms with van der Waals surface area (Å²) in [4.78, 5) is 22.1. The topological polar surface area (TPSA) is 54.9 Å². The molecule has 0 aliphatic heterocycles. The highest BCUT2D eigenvalue weighted by Gasteiger charge is 2.11. The first kappa shape index (κ1) is 14.9. The van der Waals surface area contributed by atoms with Crippen LogP contribution in [0.5, 0.6) is 0 Å². The maximum absolute atomic E-state index is 12.3. The summed E-state index contributed by atoms with van der Waals surface area (Å²) in [5, 5.41) is 4.80. The molecule has 2 heterocycles. The molecular formula is C16H14ClN3OS. The SMILES string of the molecule is CCc1nc(NC(=O)c2ccc3nc(Cl)ccc3c2)sc1C. The van der Waals surface area contributed by atoms with Crippen molar-refractivity contribution in [3.8, 4) is 0 Å². The zero-order valence-corrected chi connectivity index (χ0v) is 13.8. The molecule has 0 saturated heterocycles. The minimum Gasteiger partial charge on any atom is -0.298 e. The Morgan fingerprint density at radius 3 is 2.82 bits per heavy atom. The maximum atomic E-state index is 12.3. The van der Waals surface area contributed by atoms with E-state index in [1.54, 1.807) is 24.3 Å². The van der Waals surface area contributed by atoms with Crippen LogP contribution in [0.15, 0.2) is 30.3 Å². The molecule has 0 atom stereocenters. The maximum Gasteiger partial charge on any atom is 0.257 e. The van der Waals surface area contributed by atoms with E-state index in [0.717, 1.165) is 27.9 Å². The van der Waals surface area contributed by atoms with E-state index in [2.05, 4.69) is 22.2 Å². The number of carbonyl (C=O) groups excluding carboxylic acids is 1. The number of amides is 1. The predicted octanol–water partition coefficient (Wildman–Crippen LogP) is 4.47. The second-order valence-corrected chi connectivity index (χ2v) is 6.46. The molecule has 3 aromatic rings. The van der Waals surface area contributed by atoms with Gasteiger partial charge in [-0.15, -0.1) is 11.3 Å². The molecule has 1 N–H and O–H groups in total. The molecule has 0 bridgehead atoms. The van der Waals surface area contributed by atoms with E-state index < -0.39 is 0 Å². The van der Waals surface area contributed by atoms with Gasteiger partial charge in [0.25, 0.3) is 5.91 Å². The zero-order chi connectivity index (χ0) is 15.7. The third-order valence-electron chi connectivity index (χ3n) is 3.37. The molecule has 1 aromatic carbocycles. The molecule has 3 rings (SSSR count). The summed E-state index contributed by atoms with van der Waals surface area (Å²) in [5.74, 6) is -0.173. The summed E-state index contributed by atoms with van der Waals surface area (Å²) in [5.41, 5.74) is 2.36. The van der Waals surface area contributed by atoms with E-state index in [9.17, 15) is 4.79 Å². The van der Waals surface area contributed by atoms with E-state index >= 15 is 0 Å². The van der Waals surface area contributed by atoms with E-state index in [1.165, 1.54) is 11.3 Å². The third kappa shape index (κ3) is 2.96. The highest BCUT2D eigenvalue weighted by molar-refractivity contribution is 7.15. The predicted molar refractivity (Wildman–Crippen MR) is 90.9 cm³/mol. The van der Waals surface area contributed by atoms with Crippen molar-refractivity contribution in [3.05, 3.63) is 51.6 Å². The van der Waals surface area contributed by atoms with Crippen LogP contribution in [0.25, 0.3) is 10.9 Å². The number of carbonyl (C=O) groups is 1. The fourth-order valence-electron chi connectivity index (χ4n) is 2.22. The summed E-state index contributed by atoms with van der Waals surface area (Å²) in [6.07, 6.45) is 0.862. The number of thiazole rings is 1. The summed E-state index contributed by atoms with van der Waals surface area (Å²) < 4.78 is 0. The molecule has 0 radical (unpaired) electrons. The van der Waals surface area contributed by atoms with Gasteiger partial charge in [0.05, 0.1) is 11.2 Å². The number of nitrogens with one attached hydrogen (secondary N) is 1.